The molecule has 1 saturated heterocycles. The number of carbonyl (C=O) groups is 2. The molecule has 2 N–H and O–H groups in total. The Morgan fingerprint density at radius 3 is 2.76 bits per heavy atom. The van der Waals surface area contributed by atoms with Crippen LogP contribution in [0.5, 0.6) is 5.75 Å². The standard InChI is InChI=1S/C24H28N6O3/c1-5-17-14(2)21(29-28-17)24(32)30-12-8-10-19(30)22-25-13-16(15(3)26-22)23(31)27-18-9-6-7-11-20(18)33-4/h6-7,9,11,13,19H,5,8,10,12H2,1-4H3,(H,27,31)(H,28,29)/t19-/m1/s1. The molecular weight excluding hydrogens is 420 g/mol. The van der Waals surface area contributed by atoms with Crippen molar-refractivity contribution in [3.63, 3.8) is 0 Å². The molecule has 0 radical (unpaired) electrons. The largest absolute Gasteiger partial charge is 0.495 e. The van der Waals surface area contributed by atoms with Gasteiger partial charge in [0.15, 0.2) is 11.5 Å². The summed E-state index contributed by atoms with van der Waals surface area (Å²) in [6.07, 6.45) is 3.94. The van der Waals surface area contributed by atoms with E-state index in [0.717, 1.165) is 30.5 Å². The van der Waals surface area contributed by atoms with E-state index in [-0.39, 0.29) is 17.9 Å². The predicted molar refractivity (Wildman–Crippen MR) is 123 cm³/mol. The first-order valence-corrected chi connectivity index (χ1v) is 11.1. The molecule has 9 heteroatoms. The zero-order valence-electron chi connectivity index (χ0n) is 19.3. The number of nitrogens with zero attached hydrogens (tertiary/aromatic N) is 4. The van der Waals surface area contributed by atoms with E-state index in [2.05, 4.69) is 25.5 Å². The topological polar surface area (TPSA) is 113 Å². The minimum atomic E-state index is -0.317. The third-order valence-electron chi connectivity index (χ3n) is 6.08. The van der Waals surface area contributed by atoms with Crippen molar-refractivity contribution in [2.45, 2.75) is 46.1 Å². The van der Waals surface area contributed by atoms with Crippen LogP contribution in [0.1, 0.15) is 69.4 Å². The van der Waals surface area contributed by atoms with E-state index >= 15 is 0 Å². The van der Waals surface area contributed by atoms with Crippen molar-refractivity contribution < 1.29 is 14.3 Å². The molecule has 3 aromatic rings. The number of hydrogen-bond acceptors (Lipinski definition) is 6. The summed E-state index contributed by atoms with van der Waals surface area (Å²) in [7, 11) is 1.55. The molecule has 1 aromatic carbocycles. The maximum atomic E-state index is 13.2. The maximum Gasteiger partial charge on any atom is 0.275 e. The summed E-state index contributed by atoms with van der Waals surface area (Å²) in [4.78, 5) is 36.9. The number of ether oxygens (including phenoxy) is 1. The maximum absolute atomic E-state index is 13.2. The second kappa shape index (κ2) is 9.40. The third kappa shape index (κ3) is 4.30. The van der Waals surface area contributed by atoms with Crippen LogP contribution in [0.3, 0.4) is 0 Å². The molecule has 1 aliphatic heterocycles. The minimum absolute atomic E-state index is 0.120. The molecule has 1 fully saturated rings. The smallest absolute Gasteiger partial charge is 0.275 e. The second-order valence-electron chi connectivity index (χ2n) is 8.07. The number of para-hydroxylation sites is 2. The number of aromatic amines is 1. The number of H-pyrrole nitrogens is 1. The van der Waals surface area contributed by atoms with Crippen molar-refractivity contribution in [1.82, 2.24) is 25.1 Å². The molecule has 3 heterocycles. The first kappa shape index (κ1) is 22.4. The summed E-state index contributed by atoms with van der Waals surface area (Å²) in [6.45, 7) is 6.33. The van der Waals surface area contributed by atoms with Gasteiger partial charge in [-0.15, -0.1) is 0 Å². The quantitative estimate of drug-likeness (QED) is 0.596. The van der Waals surface area contributed by atoms with Gasteiger partial charge in [-0.25, -0.2) is 9.97 Å². The SMILES string of the molecule is CCc1[nH]nc(C(=O)N2CCC[C@@H]2c2ncc(C(=O)Nc3ccccc3OC)c(C)n2)c1C. The Morgan fingerprint density at radius 2 is 2.06 bits per heavy atom. The van der Waals surface area contributed by atoms with Gasteiger partial charge in [-0.05, 0) is 45.2 Å². The van der Waals surface area contributed by atoms with Crippen LogP contribution in [0.2, 0.25) is 0 Å². The highest BCUT2D eigenvalue weighted by atomic mass is 16.5. The number of anilines is 1. The summed E-state index contributed by atoms with van der Waals surface area (Å²) in [6, 6.07) is 6.95. The Balaban J connectivity index is 1.55. The minimum Gasteiger partial charge on any atom is -0.495 e. The first-order chi connectivity index (χ1) is 15.9. The second-order valence-corrected chi connectivity index (χ2v) is 8.07. The Hall–Kier alpha value is -3.75. The number of aryl methyl sites for hydroxylation is 2. The monoisotopic (exact) mass is 448 g/mol. The molecule has 1 atom stereocenters. The normalized spacial score (nSPS) is 15.5. The molecular formula is C24H28N6O3. The van der Waals surface area contributed by atoms with Crippen LogP contribution in [0.15, 0.2) is 30.5 Å². The fourth-order valence-corrected chi connectivity index (χ4v) is 4.21. The van der Waals surface area contributed by atoms with Crippen LogP contribution in [-0.4, -0.2) is 50.5 Å². The highest BCUT2D eigenvalue weighted by Gasteiger charge is 2.34. The van der Waals surface area contributed by atoms with Crippen LogP contribution < -0.4 is 10.1 Å². The van der Waals surface area contributed by atoms with Gasteiger partial charge in [0.2, 0.25) is 0 Å². The zero-order valence-corrected chi connectivity index (χ0v) is 19.3. The molecule has 172 valence electrons. The van der Waals surface area contributed by atoms with Crippen LogP contribution in [0.4, 0.5) is 5.69 Å². The van der Waals surface area contributed by atoms with Gasteiger partial charge in [-0.3, -0.25) is 14.7 Å². The van der Waals surface area contributed by atoms with E-state index in [1.807, 2.05) is 26.0 Å². The molecule has 0 unspecified atom stereocenters. The van der Waals surface area contributed by atoms with Gasteiger partial charge in [0.05, 0.1) is 30.1 Å². The zero-order chi connectivity index (χ0) is 23.5. The lowest BCUT2D eigenvalue weighted by Crippen LogP contribution is -2.32. The molecule has 1 aliphatic rings. The molecule has 4 rings (SSSR count). The van der Waals surface area contributed by atoms with Crippen molar-refractivity contribution >= 4 is 17.5 Å². The molecule has 0 aliphatic carbocycles. The van der Waals surface area contributed by atoms with Crippen molar-refractivity contribution in [3.05, 3.63) is 64.5 Å². The molecule has 9 nitrogen and oxygen atoms in total. The average Bonchev–Trinajstić information content (AvgIpc) is 3.45. The highest BCUT2D eigenvalue weighted by molar-refractivity contribution is 6.05. The highest BCUT2D eigenvalue weighted by Crippen LogP contribution is 2.32. The van der Waals surface area contributed by atoms with Crippen LogP contribution >= 0.6 is 0 Å². The predicted octanol–water partition coefficient (Wildman–Crippen LogP) is 3.62. The number of carbonyl (C=O) groups excluding carboxylic acids is 2. The van der Waals surface area contributed by atoms with E-state index in [9.17, 15) is 9.59 Å². The third-order valence-corrected chi connectivity index (χ3v) is 6.08. The summed E-state index contributed by atoms with van der Waals surface area (Å²) < 4.78 is 5.30. The molecule has 0 saturated carbocycles. The van der Waals surface area contributed by atoms with E-state index in [1.54, 1.807) is 31.1 Å². The van der Waals surface area contributed by atoms with Gasteiger partial charge in [0, 0.05) is 24.0 Å². The Kier molecular flexibility index (Phi) is 6.39. The van der Waals surface area contributed by atoms with Crippen molar-refractivity contribution in [1.29, 1.82) is 0 Å². The number of likely N-dealkylation sites (tertiary alicyclic amines) is 1. The lowest BCUT2D eigenvalue weighted by molar-refractivity contribution is 0.0722. The van der Waals surface area contributed by atoms with Crippen molar-refractivity contribution in [2.24, 2.45) is 0 Å². The van der Waals surface area contributed by atoms with E-state index in [1.165, 1.54) is 6.20 Å². The summed E-state index contributed by atoms with van der Waals surface area (Å²) >= 11 is 0. The number of amides is 2. The number of rotatable bonds is 6. The molecule has 33 heavy (non-hydrogen) atoms. The van der Waals surface area contributed by atoms with Crippen molar-refractivity contribution in [2.75, 3.05) is 19.0 Å². The van der Waals surface area contributed by atoms with Crippen molar-refractivity contribution in [3.8, 4) is 5.75 Å². The van der Waals surface area contributed by atoms with Gasteiger partial charge in [-0.2, -0.15) is 5.10 Å². The van der Waals surface area contributed by atoms with Crippen LogP contribution in [0, 0.1) is 13.8 Å². The van der Waals surface area contributed by atoms with Gasteiger partial charge in [0.1, 0.15) is 5.75 Å². The number of hydrogen-bond donors (Lipinski definition) is 2. The number of aromatic nitrogens is 4. The summed E-state index contributed by atoms with van der Waals surface area (Å²) in [5.41, 5.74) is 3.79. The molecule has 0 spiro atoms. The van der Waals surface area contributed by atoms with Gasteiger partial charge in [-0.1, -0.05) is 19.1 Å². The lowest BCUT2D eigenvalue weighted by Gasteiger charge is -2.23. The number of methoxy groups -OCH3 is 1. The summed E-state index contributed by atoms with van der Waals surface area (Å²) in [5, 5.41) is 10.1. The summed E-state index contributed by atoms with van der Waals surface area (Å²) in [5.74, 6) is 0.671. The lowest BCUT2D eigenvalue weighted by atomic mass is 10.1. The van der Waals surface area contributed by atoms with E-state index < -0.39 is 0 Å². The van der Waals surface area contributed by atoms with Crippen LogP contribution in [-0.2, 0) is 6.42 Å². The average molecular weight is 449 g/mol. The Morgan fingerprint density at radius 1 is 1.27 bits per heavy atom. The molecule has 2 amide bonds. The fraction of sp³-hybridized carbons (Fsp3) is 0.375. The number of nitrogens with one attached hydrogen (secondary N) is 2. The van der Waals surface area contributed by atoms with Gasteiger partial charge < -0.3 is 15.0 Å². The Bertz CT molecular complexity index is 1190. The van der Waals surface area contributed by atoms with E-state index in [4.69, 9.17) is 4.74 Å². The first-order valence-electron chi connectivity index (χ1n) is 11.1. The van der Waals surface area contributed by atoms with Gasteiger partial charge in [0.25, 0.3) is 11.8 Å². The van der Waals surface area contributed by atoms with E-state index in [0.29, 0.717) is 40.8 Å². The fourth-order valence-electron chi connectivity index (χ4n) is 4.21. The molecule has 2 aromatic heterocycles. The Labute approximate surface area is 192 Å². The van der Waals surface area contributed by atoms with Crippen LogP contribution in [0.25, 0.3) is 0 Å². The number of benzene rings is 1. The molecule has 0 bridgehead atoms. The van der Waals surface area contributed by atoms with Gasteiger partial charge >= 0.3 is 0 Å².